The van der Waals surface area contributed by atoms with Crippen molar-refractivity contribution < 1.29 is 4.42 Å². The van der Waals surface area contributed by atoms with Crippen LogP contribution >= 0.6 is 0 Å². The summed E-state index contributed by atoms with van der Waals surface area (Å²) in [7, 11) is 0. The minimum atomic E-state index is 0.914. The van der Waals surface area contributed by atoms with Crippen LogP contribution in [-0.2, 0) is 0 Å². The van der Waals surface area contributed by atoms with Crippen molar-refractivity contribution in [2.75, 3.05) is 4.90 Å². The van der Waals surface area contributed by atoms with E-state index in [9.17, 15) is 0 Å². The lowest BCUT2D eigenvalue weighted by Gasteiger charge is -2.26. The predicted molar refractivity (Wildman–Crippen MR) is 248 cm³/mol. The van der Waals surface area contributed by atoms with Crippen LogP contribution in [0.5, 0.6) is 0 Å². The highest BCUT2D eigenvalue weighted by Gasteiger charge is 2.16. The molecule has 0 fully saturated rings. The van der Waals surface area contributed by atoms with Gasteiger partial charge in [-0.25, -0.2) is 0 Å². The Morgan fingerprint density at radius 3 is 1.22 bits per heavy atom. The number of hydrogen-bond donors (Lipinski definition) is 0. The molecule has 280 valence electrons. The predicted octanol–water partition coefficient (Wildman–Crippen LogP) is 16.2. The Hall–Kier alpha value is -7.68. The molecule has 0 atom stereocenters. The summed E-state index contributed by atoms with van der Waals surface area (Å²) in [5.74, 6) is 0.918. The van der Waals surface area contributed by atoms with Crippen LogP contribution in [0, 0.1) is 6.92 Å². The highest BCUT2D eigenvalue weighted by Crippen LogP contribution is 2.40. The SMILES string of the molecule is Cc1c(-c2cccc(-c3ccc(N(c4ccc(-c5ccc(-c6ccccc6)cc5)cc4)c4ccc(-c5ccccc5-c5ccccc5)cc4)cc3)c2)oc2ccccc12. The Labute approximate surface area is 345 Å². The van der Waals surface area contributed by atoms with Crippen LogP contribution < -0.4 is 4.90 Å². The van der Waals surface area contributed by atoms with Gasteiger partial charge in [0, 0.05) is 33.6 Å². The van der Waals surface area contributed by atoms with Gasteiger partial charge in [-0.05, 0) is 111 Å². The van der Waals surface area contributed by atoms with Gasteiger partial charge < -0.3 is 9.32 Å². The van der Waals surface area contributed by atoms with Gasteiger partial charge in [-0.1, -0.05) is 182 Å². The van der Waals surface area contributed by atoms with Crippen LogP contribution in [0.4, 0.5) is 17.1 Å². The maximum absolute atomic E-state index is 6.34. The molecule has 2 nitrogen and oxygen atoms in total. The lowest BCUT2D eigenvalue weighted by molar-refractivity contribution is 0.629. The van der Waals surface area contributed by atoms with Crippen molar-refractivity contribution in [3.63, 3.8) is 0 Å². The molecule has 1 heterocycles. The van der Waals surface area contributed by atoms with Crippen molar-refractivity contribution in [3.05, 3.63) is 236 Å². The second kappa shape index (κ2) is 15.7. The van der Waals surface area contributed by atoms with E-state index in [2.05, 4.69) is 230 Å². The average Bonchev–Trinajstić information content (AvgIpc) is 3.66. The lowest BCUT2D eigenvalue weighted by atomic mass is 9.94. The summed E-state index contributed by atoms with van der Waals surface area (Å²) < 4.78 is 6.34. The summed E-state index contributed by atoms with van der Waals surface area (Å²) >= 11 is 0. The molecule has 2 heteroatoms. The summed E-state index contributed by atoms with van der Waals surface area (Å²) in [5.41, 5.74) is 18.3. The Balaban J connectivity index is 0.994. The number of para-hydroxylation sites is 1. The van der Waals surface area contributed by atoms with Gasteiger partial charge in [-0.15, -0.1) is 0 Å². The van der Waals surface area contributed by atoms with Crippen LogP contribution in [0.3, 0.4) is 0 Å². The maximum atomic E-state index is 6.34. The molecule has 0 aliphatic rings. The van der Waals surface area contributed by atoms with Crippen LogP contribution in [0.25, 0.3) is 77.9 Å². The van der Waals surface area contributed by atoms with Gasteiger partial charge in [0.15, 0.2) is 0 Å². The van der Waals surface area contributed by atoms with E-state index in [1.165, 1.54) is 44.5 Å². The van der Waals surface area contributed by atoms with Crippen molar-refractivity contribution in [3.8, 4) is 67.0 Å². The molecule has 0 amide bonds. The normalized spacial score (nSPS) is 11.1. The summed E-state index contributed by atoms with van der Waals surface area (Å²) in [6, 6.07) is 82.3. The highest BCUT2D eigenvalue weighted by atomic mass is 16.3. The molecular weight excluding hydrogens is 715 g/mol. The molecule has 0 aliphatic heterocycles. The summed E-state index contributed by atoms with van der Waals surface area (Å²) in [6.45, 7) is 2.14. The molecule has 9 aromatic carbocycles. The fraction of sp³-hybridized carbons (Fsp3) is 0.0175. The summed E-state index contributed by atoms with van der Waals surface area (Å²) in [6.07, 6.45) is 0. The van der Waals surface area contributed by atoms with Crippen LogP contribution in [-0.4, -0.2) is 0 Å². The molecule has 0 saturated carbocycles. The summed E-state index contributed by atoms with van der Waals surface area (Å²) in [5, 5.41) is 1.15. The monoisotopic (exact) mass is 755 g/mol. The van der Waals surface area contributed by atoms with Gasteiger partial charge in [-0.3, -0.25) is 0 Å². The third-order valence-electron chi connectivity index (χ3n) is 11.3. The van der Waals surface area contributed by atoms with Crippen molar-refractivity contribution in [1.82, 2.24) is 0 Å². The van der Waals surface area contributed by atoms with Gasteiger partial charge in [-0.2, -0.15) is 0 Å². The molecule has 1 aromatic heterocycles. The number of furan rings is 1. The minimum Gasteiger partial charge on any atom is -0.456 e. The second-order valence-corrected chi connectivity index (χ2v) is 15.0. The molecule has 0 aliphatic carbocycles. The number of anilines is 3. The highest BCUT2D eigenvalue weighted by molar-refractivity contribution is 5.89. The first-order chi connectivity index (χ1) is 29.2. The zero-order chi connectivity index (χ0) is 39.5. The van der Waals surface area contributed by atoms with Crippen LogP contribution in [0.1, 0.15) is 5.56 Å². The molecular formula is C57H41NO. The average molecular weight is 756 g/mol. The quantitative estimate of drug-likeness (QED) is 0.146. The lowest BCUT2D eigenvalue weighted by Crippen LogP contribution is -2.09. The van der Waals surface area contributed by atoms with Crippen LogP contribution in [0.2, 0.25) is 0 Å². The molecule has 10 aromatic rings. The van der Waals surface area contributed by atoms with E-state index < -0.39 is 0 Å². The van der Waals surface area contributed by atoms with Crippen molar-refractivity contribution in [2.45, 2.75) is 6.92 Å². The Morgan fingerprint density at radius 1 is 0.305 bits per heavy atom. The fourth-order valence-electron chi connectivity index (χ4n) is 8.22. The van der Waals surface area contributed by atoms with Gasteiger partial charge in [0.05, 0.1) is 0 Å². The van der Waals surface area contributed by atoms with E-state index >= 15 is 0 Å². The largest absolute Gasteiger partial charge is 0.456 e. The first-order valence-corrected chi connectivity index (χ1v) is 20.2. The molecule has 0 unspecified atom stereocenters. The molecule has 0 bridgehead atoms. The van der Waals surface area contributed by atoms with Gasteiger partial charge in [0.25, 0.3) is 0 Å². The molecule has 0 radical (unpaired) electrons. The number of benzene rings is 9. The molecule has 0 spiro atoms. The minimum absolute atomic E-state index is 0.914. The number of fused-ring (bicyclic) bond motifs is 1. The van der Waals surface area contributed by atoms with Crippen molar-refractivity contribution >= 4 is 28.0 Å². The van der Waals surface area contributed by atoms with Crippen LogP contribution in [0.15, 0.2) is 235 Å². The third-order valence-corrected chi connectivity index (χ3v) is 11.3. The van der Waals surface area contributed by atoms with E-state index in [0.29, 0.717) is 0 Å². The van der Waals surface area contributed by atoms with Gasteiger partial charge >= 0.3 is 0 Å². The first-order valence-electron chi connectivity index (χ1n) is 20.2. The van der Waals surface area contributed by atoms with E-state index in [1.54, 1.807) is 0 Å². The molecule has 59 heavy (non-hydrogen) atoms. The number of aryl methyl sites for hydroxylation is 1. The van der Waals surface area contributed by atoms with E-state index in [1.807, 2.05) is 12.1 Å². The first kappa shape index (κ1) is 35.7. The fourth-order valence-corrected chi connectivity index (χ4v) is 8.22. The number of rotatable bonds is 9. The second-order valence-electron chi connectivity index (χ2n) is 15.0. The van der Waals surface area contributed by atoms with E-state index in [0.717, 1.165) is 56.0 Å². The van der Waals surface area contributed by atoms with Crippen molar-refractivity contribution in [1.29, 1.82) is 0 Å². The standard InChI is InChI=1S/C57H41NO/c1-40-53-19-10-11-22-56(53)59-57(40)49-18-12-17-48(39-49)45-29-35-51(36-30-45)58(50-33-27-44(28-34-50)43-25-23-42(24-26-43)41-13-4-2-5-14-41)52-37-31-47(32-38-52)55-21-9-8-20-54(55)46-15-6-3-7-16-46/h2-39H,1H3. The Bertz CT molecular complexity index is 3000. The van der Waals surface area contributed by atoms with E-state index in [-0.39, 0.29) is 0 Å². The maximum Gasteiger partial charge on any atom is 0.138 e. The third kappa shape index (κ3) is 7.14. The molecule has 0 saturated heterocycles. The Kier molecular flexibility index (Phi) is 9.50. The zero-order valence-corrected chi connectivity index (χ0v) is 32.8. The molecule has 10 rings (SSSR count). The number of hydrogen-bond acceptors (Lipinski definition) is 2. The summed E-state index contributed by atoms with van der Waals surface area (Å²) in [4.78, 5) is 2.34. The zero-order valence-electron chi connectivity index (χ0n) is 32.8. The van der Waals surface area contributed by atoms with Crippen molar-refractivity contribution in [2.24, 2.45) is 0 Å². The molecule has 0 N–H and O–H groups in total. The number of nitrogens with zero attached hydrogens (tertiary/aromatic N) is 1. The smallest absolute Gasteiger partial charge is 0.138 e. The topological polar surface area (TPSA) is 16.4 Å². The Morgan fingerprint density at radius 2 is 0.678 bits per heavy atom. The van der Waals surface area contributed by atoms with Gasteiger partial charge in [0.1, 0.15) is 11.3 Å². The van der Waals surface area contributed by atoms with E-state index in [4.69, 9.17) is 4.42 Å². The van der Waals surface area contributed by atoms with Gasteiger partial charge in [0.2, 0.25) is 0 Å².